The molecule has 21 heavy (non-hydrogen) atoms. The first-order valence-corrected chi connectivity index (χ1v) is 6.53. The molecule has 0 unspecified atom stereocenters. The van der Waals surface area contributed by atoms with Crippen molar-refractivity contribution < 1.29 is 14.0 Å². The topological polar surface area (TPSA) is 58.2 Å². The number of carbonyl (C=O) groups excluding carboxylic acids is 2. The first kappa shape index (κ1) is 15.0. The molecule has 0 radical (unpaired) electrons. The van der Waals surface area contributed by atoms with Crippen LogP contribution in [0.3, 0.4) is 0 Å². The van der Waals surface area contributed by atoms with Crippen molar-refractivity contribution in [1.82, 2.24) is 10.9 Å². The average molecular weight is 307 g/mol. The Morgan fingerprint density at radius 3 is 2.38 bits per heavy atom. The van der Waals surface area contributed by atoms with Crippen molar-refractivity contribution in [1.29, 1.82) is 0 Å². The van der Waals surface area contributed by atoms with E-state index in [1.807, 2.05) is 0 Å². The number of carbonyl (C=O) groups is 2. The van der Waals surface area contributed by atoms with E-state index in [4.69, 9.17) is 11.6 Å². The summed E-state index contributed by atoms with van der Waals surface area (Å²) in [6.07, 6.45) is -0.263. The van der Waals surface area contributed by atoms with Crippen LogP contribution >= 0.6 is 11.6 Å². The van der Waals surface area contributed by atoms with E-state index in [1.54, 1.807) is 30.3 Å². The summed E-state index contributed by atoms with van der Waals surface area (Å²) in [4.78, 5) is 23.4. The van der Waals surface area contributed by atoms with E-state index in [9.17, 15) is 14.0 Å². The lowest BCUT2D eigenvalue weighted by atomic mass is 10.1. The van der Waals surface area contributed by atoms with Gasteiger partial charge in [-0.15, -0.1) is 0 Å². The third-order valence-corrected chi connectivity index (χ3v) is 3.10. The van der Waals surface area contributed by atoms with Gasteiger partial charge in [0.05, 0.1) is 6.42 Å². The average Bonchev–Trinajstić information content (AvgIpc) is 2.49. The molecule has 4 nitrogen and oxygen atoms in total. The fourth-order valence-corrected chi connectivity index (χ4v) is 1.92. The van der Waals surface area contributed by atoms with Gasteiger partial charge in [-0.2, -0.15) is 0 Å². The summed E-state index contributed by atoms with van der Waals surface area (Å²) in [5.41, 5.74) is 4.97. The number of nitrogens with one attached hydrogen (secondary N) is 2. The van der Waals surface area contributed by atoms with Crippen LogP contribution in [0.4, 0.5) is 4.39 Å². The van der Waals surface area contributed by atoms with E-state index < -0.39 is 17.6 Å². The zero-order valence-corrected chi connectivity index (χ0v) is 11.7. The maximum Gasteiger partial charge on any atom is 0.269 e. The Bertz CT molecular complexity index is 642. The second kappa shape index (κ2) is 6.85. The Morgan fingerprint density at radius 2 is 1.71 bits per heavy atom. The fourth-order valence-electron chi connectivity index (χ4n) is 1.69. The molecule has 6 heteroatoms. The number of halogens is 2. The maximum absolute atomic E-state index is 13.5. The molecule has 0 bridgehead atoms. The molecule has 0 aliphatic rings. The number of amides is 2. The van der Waals surface area contributed by atoms with Crippen LogP contribution in [0.5, 0.6) is 0 Å². The van der Waals surface area contributed by atoms with Crippen molar-refractivity contribution in [2.24, 2.45) is 0 Å². The van der Waals surface area contributed by atoms with Gasteiger partial charge >= 0.3 is 0 Å². The van der Waals surface area contributed by atoms with Gasteiger partial charge in [-0.1, -0.05) is 35.9 Å². The Labute approximate surface area is 125 Å². The van der Waals surface area contributed by atoms with Crippen LogP contribution in [0.2, 0.25) is 5.02 Å². The van der Waals surface area contributed by atoms with E-state index in [0.717, 1.165) is 0 Å². The Hall–Kier alpha value is -2.40. The SMILES string of the molecule is O=C(Cc1c(F)cccc1Cl)NNC(=O)c1ccccc1. The quantitative estimate of drug-likeness (QED) is 0.856. The Kier molecular flexibility index (Phi) is 4.90. The normalized spacial score (nSPS) is 10.0. The van der Waals surface area contributed by atoms with E-state index in [1.165, 1.54) is 18.2 Å². The van der Waals surface area contributed by atoms with Crippen LogP contribution in [0, 0.1) is 5.82 Å². The van der Waals surface area contributed by atoms with Crippen molar-refractivity contribution in [2.75, 3.05) is 0 Å². The second-order valence-corrected chi connectivity index (χ2v) is 4.65. The molecule has 2 amide bonds. The van der Waals surface area contributed by atoms with Gasteiger partial charge in [0.2, 0.25) is 5.91 Å². The van der Waals surface area contributed by atoms with Gasteiger partial charge in [-0.3, -0.25) is 20.4 Å². The van der Waals surface area contributed by atoms with Crippen LogP contribution in [-0.2, 0) is 11.2 Å². The lowest BCUT2D eigenvalue weighted by Gasteiger charge is -2.09. The molecule has 0 aromatic heterocycles. The Balaban J connectivity index is 1.92. The highest BCUT2D eigenvalue weighted by atomic mass is 35.5. The molecule has 0 spiro atoms. The van der Waals surface area contributed by atoms with Gasteiger partial charge in [-0.05, 0) is 24.3 Å². The highest BCUT2D eigenvalue weighted by Gasteiger charge is 2.12. The molecule has 0 aliphatic carbocycles. The van der Waals surface area contributed by atoms with Crippen molar-refractivity contribution in [3.05, 3.63) is 70.5 Å². The number of rotatable bonds is 3. The molecule has 0 aliphatic heterocycles. The summed E-state index contributed by atoms with van der Waals surface area (Å²) in [6, 6.07) is 12.6. The molecule has 0 heterocycles. The van der Waals surface area contributed by atoms with Gasteiger partial charge in [0.15, 0.2) is 0 Å². The maximum atomic E-state index is 13.5. The third-order valence-electron chi connectivity index (χ3n) is 2.75. The molecule has 0 fully saturated rings. The lowest BCUT2D eigenvalue weighted by molar-refractivity contribution is -0.121. The second-order valence-electron chi connectivity index (χ2n) is 4.25. The predicted molar refractivity (Wildman–Crippen MR) is 77.2 cm³/mol. The summed E-state index contributed by atoms with van der Waals surface area (Å²) in [5, 5.41) is 0.166. The Morgan fingerprint density at radius 1 is 1.00 bits per heavy atom. The molecular weight excluding hydrogens is 295 g/mol. The molecule has 2 rings (SSSR count). The van der Waals surface area contributed by atoms with Gasteiger partial charge in [0, 0.05) is 16.1 Å². The molecular formula is C15H12ClFN2O2. The number of benzene rings is 2. The van der Waals surface area contributed by atoms with Crippen LogP contribution in [0.1, 0.15) is 15.9 Å². The largest absolute Gasteiger partial charge is 0.273 e. The predicted octanol–water partition coefficient (Wildman–Crippen LogP) is 2.48. The minimum atomic E-state index is -0.564. The number of hydrogen-bond acceptors (Lipinski definition) is 2. The van der Waals surface area contributed by atoms with Gasteiger partial charge in [-0.25, -0.2) is 4.39 Å². The van der Waals surface area contributed by atoms with E-state index in [2.05, 4.69) is 10.9 Å². The highest BCUT2D eigenvalue weighted by molar-refractivity contribution is 6.31. The molecule has 2 aromatic carbocycles. The summed E-state index contributed by atoms with van der Waals surface area (Å²) in [5.74, 6) is -1.58. The van der Waals surface area contributed by atoms with Gasteiger partial charge < -0.3 is 0 Å². The molecule has 2 N–H and O–H groups in total. The van der Waals surface area contributed by atoms with Crippen molar-refractivity contribution in [3.63, 3.8) is 0 Å². The minimum Gasteiger partial charge on any atom is -0.273 e. The van der Waals surface area contributed by atoms with Crippen molar-refractivity contribution >= 4 is 23.4 Å². The lowest BCUT2D eigenvalue weighted by Crippen LogP contribution is -2.42. The minimum absolute atomic E-state index is 0.0885. The summed E-state index contributed by atoms with van der Waals surface area (Å²) >= 11 is 5.82. The first-order valence-electron chi connectivity index (χ1n) is 6.15. The van der Waals surface area contributed by atoms with E-state index >= 15 is 0 Å². The van der Waals surface area contributed by atoms with Crippen molar-refractivity contribution in [2.45, 2.75) is 6.42 Å². The third kappa shape index (κ3) is 4.03. The molecule has 2 aromatic rings. The molecule has 0 saturated carbocycles. The summed E-state index contributed by atoms with van der Waals surface area (Å²) in [7, 11) is 0. The molecule has 0 saturated heterocycles. The summed E-state index contributed by atoms with van der Waals surface area (Å²) in [6.45, 7) is 0. The smallest absolute Gasteiger partial charge is 0.269 e. The molecule has 0 atom stereocenters. The monoisotopic (exact) mass is 306 g/mol. The standard InChI is InChI=1S/C15H12ClFN2O2/c16-12-7-4-8-13(17)11(12)9-14(20)18-19-15(21)10-5-2-1-3-6-10/h1-8H,9H2,(H,18,20)(H,19,21). The zero-order valence-electron chi connectivity index (χ0n) is 10.9. The van der Waals surface area contributed by atoms with Gasteiger partial charge in [0.25, 0.3) is 5.91 Å². The van der Waals surface area contributed by atoms with E-state index in [0.29, 0.717) is 5.56 Å². The fraction of sp³-hybridized carbons (Fsp3) is 0.0667. The van der Waals surface area contributed by atoms with Crippen LogP contribution < -0.4 is 10.9 Å². The molecule has 108 valence electrons. The number of hydrazine groups is 1. The number of hydrogen-bond donors (Lipinski definition) is 2. The zero-order chi connectivity index (χ0) is 15.2. The highest BCUT2D eigenvalue weighted by Crippen LogP contribution is 2.19. The van der Waals surface area contributed by atoms with Gasteiger partial charge in [0.1, 0.15) is 5.82 Å². The van der Waals surface area contributed by atoms with Crippen LogP contribution in [0.25, 0.3) is 0 Å². The van der Waals surface area contributed by atoms with E-state index in [-0.39, 0.29) is 17.0 Å². The summed E-state index contributed by atoms with van der Waals surface area (Å²) < 4.78 is 13.5. The van der Waals surface area contributed by atoms with Crippen LogP contribution in [0.15, 0.2) is 48.5 Å². The van der Waals surface area contributed by atoms with Crippen molar-refractivity contribution in [3.8, 4) is 0 Å². The van der Waals surface area contributed by atoms with Crippen LogP contribution in [-0.4, -0.2) is 11.8 Å². The first-order chi connectivity index (χ1) is 10.1.